The summed E-state index contributed by atoms with van der Waals surface area (Å²) in [5.74, 6) is -0.873. The number of unbranched alkanes of at least 4 members (excludes halogenated alkanes) is 2. The van der Waals surface area contributed by atoms with Crippen molar-refractivity contribution in [2.75, 3.05) is 13.6 Å². The normalized spacial score (nSPS) is 11.9. The number of urea groups is 1. The monoisotopic (exact) mass is 258 g/mol. The Kier molecular flexibility index (Phi) is 9.06. The third kappa shape index (κ3) is 7.92. The van der Waals surface area contributed by atoms with Gasteiger partial charge < -0.3 is 15.3 Å². The number of nitrogens with zero attached hydrogens (tertiary/aromatic N) is 1. The average molecular weight is 258 g/mol. The van der Waals surface area contributed by atoms with E-state index in [0.717, 1.165) is 25.7 Å². The smallest absolute Gasteiger partial charge is 0.317 e. The average Bonchev–Trinajstić information content (AvgIpc) is 2.28. The Labute approximate surface area is 110 Å². The molecule has 0 saturated carbocycles. The van der Waals surface area contributed by atoms with Gasteiger partial charge in [-0.3, -0.25) is 4.79 Å². The van der Waals surface area contributed by atoms with E-state index in [-0.39, 0.29) is 18.5 Å². The number of nitrogens with one attached hydrogen (secondary N) is 1. The first-order valence-electron chi connectivity index (χ1n) is 6.74. The summed E-state index contributed by atoms with van der Waals surface area (Å²) >= 11 is 0. The van der Waals surface area contributed by atoms with Crippen LogP contribution in [0.4, 0.5) is 4.79 Å². The van der Waals surface area contributed by atoms with Gasteiger partial charge in [-0.15, -0.1) is 0 Å². The van der Waals surface area contributed by atoms with Crippen molar-refractivity contribution < 1.29 is 14.7 Å². The van der Waals surface area contributed by atoms with Gasteiger partial charge in [0, 0.05) is 19.6 Å². The van der Waals surface area contributed by atoms with Crippen LogP contribution in [-0.4, -0.2) is 41.6 Å². The Morgan fingerprint density at radius 1 is 1.22 bits per heavy atom. The van der Waals surface area contributed by atoms with Gasteiger partial charge >= 0.3 is 12.0 Å². The van der Waals surface area contributed by atoms with Crippen molar-refractivity contribution in [2.24, 2.45) is 0 Å². The molecule has 5 nitrogen and oxygen atoms in total. The van der Waals surface area contributed by atoms with Crippen LogP contribution in [0.2, 0.25) is 0 Å². The maximum absolute atomic E-state index is 11.8. The lowest BCUT2D eigenvalue weighted by Gasteiger charge is -2.22. The van der Waals surface area contributed by atoms with Crippen LogP contribution >= 0.6 is 0 Å². The van der Waals surface area contributed by atoms with Crippen molar-refractivity contribution in [2.45, 2.75) is 58.4 Å². The second kappa shape index (κ2) is 9.74. The molecule has 1 unspecified atom stereocenters. The lowest BCUT2D eigenvalue weighted by Crippen LogP contribution is -2.44. The quantitative estimate of drug-likeness (QED) is 0.624. The standard InChI is InChI=1S/C13H26N2O3/c1-4-6-7-9-15(3)13(18)14-11(8-5-2)10-12(16)17/h11H,4-10H2,1-3H3,(H,14,18)(H,16,17). The van der Waals surface area contributed by atoms with Crippen LogP contribution < -0.4 is 5.32 Å². The summed E-state index contributed by atoms with van der Waals surface area (Å²) in [5.41, 5.74) is 0. The van der Waals surface area contributed by atoms with E-state index in [4.69, 9.17) is 5.11 Å². The molecule has 0 aliphatic heterocycles. The second-order valence-electron chi connectivity index (χ2n) is 4.66. The van der Waals surface area contributed by atoms with Gasteiger partial charge in [0.25, 0.3) is 0 Å². The molecule has 106 valence electrons. The minimum absolute atomic E-state index is 0.0115. The van der Waals surface area contributed by atoms with Gasteiger partial charge in [-0.25, -0.2) is 4.79 Å². The van der Waals surface area contributed by atoms with Crippen LogP contribution in [0.5, 0.6) is 0 Å². The fourth-order valence-electron chi connectivity index (χ4n) is 1.77. The van der Waals surface area contributed by atoms with E-state index >= 15 is 0 Å². The molecular weight excluding hydrogens is 232 g/mol. The Hall–Kier alpha value is -1.26. The molecule has 0 rings (SSSR count). The minimum Gasteiger partial charge on any atom is -0.481 e. The highest BCUT2D eigenvalue weighted by Crippen LogP contribution is 2.03. The van der Waals surface area contributed by atoms with Gasteiger partial charge in [-0.2, -0.15) is 0 Å². The summed E-state index contributed by atoms with van der Waals surface area (Å²) in [7, 11) is 1.74. The van der Waals surface area contributed by atoms with E-state index in [1.165, 1.54) is 0 Å². The number of aliphatic carboxylic acids is 1. The highest BCUT2D eigenvalue weighted by atomic mass is 16.4. The Morgan fingerprint density at radius 3 is 2.39 bits per heavy atom. The van der Waals surface area contributed by atoms with E-state index in [1.807, 2.05) is 6.92 Å². The van der Waals surface area contributed by atoms with Crippen LogP contribution in [0.15, 0.2) is 0 Å². The maximum atomic E-state index is 11.8. The van der Waals surface area contributed by atoms with Gasteiger partial charge in [0.1, 0.15) is 0 Å². The van der Waals surface area contributed by atoms with Crippen LogP contribution in [0.25, 0.3) is 0 Å². The van der Waals surface area contributed by atoms with Crippen LogP contribution in [-0.2, 0) is 4.79 Å². The Bertz CT molecular complexity index is 257. The highest BCUT2D eigenvalue weighted by Gasteiger charge is 2.17. The topological polar surface area (TPSA) is 69.6 Å². The predicted octanol–water partition coefficient (Wildman–Crippen LogP) is 2.46. The summed E-state index contributed by atoms with van der Waals surface area (Å²) in [4.78, 5) is 24.1. The van der Waals surface area contributed by atoms with Crippen LogP contribution in [0.1, 0.15) is 52.4 Å². The number of amides is 2. The molecule has 2 amide bonds. The van der Waals surface area contributed by atoms with Crippen molar-refractivity contribution in [1.82, 2.24) is 10.2 Å². The summed E-state index contributed by atoms with van der Waals surface area (Å²) in [5, 5.41) is 11.6. The first-order chi connectivity index (χ1) is 8.51. The summed E-state index contributed by atoms with van der Waals surface area (Å²) < 4.78 is 0. The molecule has 0 aliphatic rings. The molecule has 1 atom stereocenters. The van der Waals surface area contributed by atoms with Gasteiger partial charge in [0.15, 0.2) is 0 Å². The molecule has 0 bridgehead atoms. The number of hydrogen-bond acceptors (Lipinski definition) is 2. The number of carbonyl (C=O) groups excluding carboxylic acids is 1. The first kappa shape index (κ1) is 16.7. The maximum Gasteiger partial charge on any atom is 0.317 e. The molecule has 0 spiro atoms. The largest absolute Gasteiger partial charge is 0.481 e. The molecular formula is C13H26N2O3. The van der Waals surface area contributed by atoms with E-state index in [2.05, 4.69) is 12.2 Å². The lowest BCUT2D eigenvalue weighted by atomic mass is 10.1. The molecule has 0 fully saturated rings. The fraction of sp³-hybridized carbons (Fsp3) is 0.846. The molecule has 0 radical (unpaired) electrons. The molecule has 2 N–H and O–H groups in total. The zero-order chi connectivity index (χ0) is 14.0. The lowest BCUT2D eigenvalue weighted by molar-refractivity contribution is -0.137. The van der Waals surface area contributed by atoms with Crippen molar-refractivity contribution in [3.8, 4) is 0 Å². The van der Waals surface area contributed by atoms with Gasteiger partial charge in [-0.05, 0) is 12.8 Å². The third-order valence-electron chi connectivity index (χ3n) is 2.83. The Morgan fingerprint density at radius 2 is 1.89 bits per heavy atom. The zero-order valence-corrected chi connectivity index (χ0v) is 11.7. The predicted molar refractivity (Wildman–Crippen MR) is 71.6 cm³/mol. The number of carboxylic acid groups (broad SMARTS) is 1. The van der Waals surface area contributed by atoms with Crippen LogP contribution in [0, 0.1) is 0 Å². The van der Waals surface area contributed by atoms with Crippen LogP contribution in [0.3, 0.4) is 0 Å². The van der Waals surface area contributed by atoms with Crippen molar-refractivity contribution in [3.63, 3.8) is 0 Å². The molecule has 5 heteroatoms. The number of hydrogen-bond donors (Lipinski definition) is 2. The summed E-state index contributed by atoms with van der Waals surface area (Å²) in [6.45, 7) is 4.81. The zero-order valence-electron chi connectivity index (χ0n) is 11.7. The molecule has 0 saturated heterocycles. The molecule has 0 aromatic heterocycles. The number of carbonyl (C=O) groups is 2. The Balaban J connectivity index is 4.09. The van der Waals surface area contributed by atoms with E-state index in [9.17, 15) is 9.59 Å². The van der Waals surface area contributed by atoms with Gasteiger partial charge in [-0.1, -0.05) is 33.1 Å². The third-order valence-corrected chi connectivity index (χ3v) is 2.83. The minimum atomic E-state index is -0.873. The van der Waals surface area contributed by atoms with Crippen molar-refractivity contribution in [3.05, 3.63) is 0 Å². The highest BCUT2D eigenvalue weighted by molar-refractivity contribution is 5.75. The van der Waals surface area contributed by atoms with E-state index < -0.39 is 5.97 Å². The van der Waals surface area contributed by atoms with Gasteiger partial charge in [0.2, 0.25) is 0 Å². The molecule has 0 aromatic carbocycles. The van der Waals surface area contributed by atoms with E-state index in [1.54, 1.807) is 11.9 Å². The molecule has 0 aromatic rings. The SMILES string of the molecule is CCCCCN(C)C(=O)NC(CCC)CC(=O)O. The first-order valence-corrected chi connectivity index (χ1v) is 6.74. The molecule has 18 heavy (non-hydrogen) atoms. The van der Waals surface area contributed by atoms with Crippen molar-refractivity contribution in [1.29, 1.82) is 0 Å². The van der Waals surface area contributed by atoms with Crippen molar-refractivity contribution >= 4 is 12.0 Å². The summed E-state index contributed by atoms with van der Waals surface area (Å²) in [6, 6.07) is -0.445. The summed E-state index contributed by atoms with van der Waals surface area (Å²) in [6.07, 6.45) is 4.75. The molecule has 0 heterocycles. The number of carboxylic acids is 1. The van der Waals surface area contributed by atoms with Gasteiger partial charge in [0.05, 0.1) is 6.42 Å². The number of rotatable bonds is 9. The second-order valence-corrected chi connectivity index (χ2v) is 4.66. The van der Waals surface area contributed by atoms with E-state index in [0.29, 0.717) is 13.0 Å². The fourth-order valence-corrected chi connectivity index (χ4v) is 1.77. The molecule has 0 aliphatic carbocycles.